The van der Waals surface area contributed by atoms with Gasteiger partial charge in [-0.1, -0.05) is 13.0 Å². The normalized spacial score (nSPS) is 17.4. The molecule has 0 amide bonds. The van der Waals surface area contributed by atoms with Gasteiger partial charge in [0.05, 0.1) is 5.39 Å². The SMILES string of the molecule is C[C@H]1CCc2c(sc3ncnc(Nc4cccc(O)c4)c23)C1. The Labute approximate surface area is 132 Å². The van der Waals surface area contributed by atoms with Gasteiger partial charge in [-0.05, 0) is 42.9 Å². The zero-order valence-corrected chi connectivity index (χ0v) is 13.2. The van der Waals surface area contributed by atoms with Gasteiger partial charge >= 0.3 is 0 Å². The van der Waals surface area contributed by atoms with Gasteiger partial charge in [0.15, 0.2) is 0 Å². The number of nitrogens with one attached hydrogen (secondary N) is 1. The van der Waals surface area contributed by atoms with E-state index in [1.165, 1.54) is 16.9 Å². The molecule has 0 spiro atoms. The number of hydrogen-bond donors (Lipinski definition) is 2. The van der Waals surface area contributed by atoms with E-state index in [1.807, 2.05) is 12.1 Å². The van der Waals surface area contributed by atoms with Gasteiger partial charge < -0.3 is 10.4 Å². The number of fused-ring (bicyclic) bond motifs is 3. The van der Waals surface area contributed by atoms with Crippen LogP contribution in [0.3, 0.4) is 0 Å². The van der Waals surface area contributed by atoms with E-state index >= 15 is 0 Å². The minimum Gasteiger partial charge on any atom is -0.508 e. The van der Waals surface area contributed by atoms with Gasteiger partial charge in [-0.3, -0.25) is 0 Å². The predicted molar refractivity (Wildman–Crippen MR) is 90.0 cm³/mol. The van der Waals surface area contributed by atoms with Crippen LogP contribution in [0.1, 0.15) is 23.8 Å². The Morgan fingerprint density at radius 1 is 1.32 bits per heavy atom. The van der Waals surface area contributed by atoms with E-state index in [4.69, 9.17) is 0 Å². The lowest BCUT2D eigenvalue weighted by Gasteiger charge is -2.18. The predicted octanol–water partition coefficient (Wildman–Crippen LogP) is 4.27. The Morgan fingerprint density at radius 2 is 2.23 bits per heavy atom. The molecule has 2 heterocycles. The number of benzene rings is 1. The van der Waals surface area contributed by atoms with Crippen molar-refractivity contribution in [3.05, 3.63) is 41.0 Å². The molecule has 2 aromatic heterocycles. The van der Waals surface area contributed by atoms with E-state index in [0.717, 1.165) is 40.5 Å². The first kappa shape index (κ1) is 13.5. The van der Waals surface area contributed by atoms with Crippen LogP contribution in [-0.4, -0.2) is 15.1 Å². The molecule has 4 rings (SSSR count). The monoisotopic (exact) mass is 311 g/mol. The van der Waals surface area contributed by atoms with Crippen molar-refractivity contribution in [2.75, 3.05) is 5.32 Å². The number of thiophene rings is 1. The summed E-state index contributed by atoms with van der Waals surface area (Å²) in [7, 11) is 0. The third kappa shape index (κ3) is 2.31. The van der Waals surface area contributed by atoms with Crippen molar-refractivity contribution < 1.29 is 5.11 Å². The summed E-state index contributed by atoms with van der Waals surface area (Å²) in [5.74, 6) is 1.83. The van der Waals surface area contributed by atoms with Gasteiger partial charge in [-0.15, -0.1) is 11.3 Å². The molecule has 3 aromatic rings. The molecule has 0 radical (unpaired) electrons. The van der Waals surface area contributed by atoms with E-state index < -0.39 is 0 Å². The molecule has 2 N–H and O–H groups in total. The highest BCUT2D eigenvalue weighted by Crippen LogP contribution is 2.40. The van der Waals surface area contributed by atoms with E-state index in [0.29, 0.717) is 0 Å². The summed E-state index contributed by atoms with van der Waals surface area (Å²) in [5, 5.41) is 14.1. The summed E-state index contributed by atoms with van der Waals surface area (Å²) in [5.41, 5.74) is 2.24. The molecule has 1 aromatic carbocycles. The topological polar surface area (TPSA) is 58.0 Å². The van der Waals surface area contributed by atoms with Crippen molar-refractivity contribution in [1.82, 2.24) is 9.97 Å². The lowest BCUT2D eigenvalue weighted by atomic mass is 9.89. The van der Waals surface area contributed by atoms with Crippen molar-refractivity contribution in [3.8, 4) is 5.75 Å². The maximum atomic E-state index is 9.61. The van der Waals surface area contributed by atoms with Gasteiger partial charge in [0.1, 0.15) is 22.7 Å². The zero-order valence-electron chi connectivity index (χ0n) is 12.3. The number of aromatic hydroxyl groups is 1. The minimum absolute atomic E-state index is 0.247. The molecule has 0 bridgehead atoms. The van der Waals surface area contributed by atoms with Crippen LogP contribution in [0.4, 0.5) is 11.5 Å². The lowest BCUT2D eigenvalue weighted by Crippen LogP contribution is -2.09. The molecule has 5 heteroatoms. The van der Waals surface area contributed by atoms with Gasteiger partial charge in [0, 0.05) is 16.6 Å². The second kappa shape index (κ2) is 5.25. The van der Waals surface area contributed by atoms with Crippen LogP contribution < -0.4 is 5.32 Å². The van der Waals surface area contributed by atoms with Gasteiger partial charge in [-0.2, -0.15) is 0 Å². The van der Waals surface area contributed by atoms with Crippen LogP contribution in [0.15, 0.2) is 30.6 Å². The molecule has 22 heavy (non-hydrogen) atoms. The fourth-order valence-corrected chi connectivity index (χ4v) is 4.44. The van der Waals surface area contributed by atoms with Crippen molar-refractivity contribution in [2.24, 2.45) is 5.92 Å². The van der Waals surface area contributed by atoms with Crippen molar-refractivity contribution in [1.29, 1.82) is 0 Å². The maximum absolute atomic E-state index is 9.61. The molecule has 1 aliphatic carbocycles. The second-order valence-electron chi connectivity index (χ2n) is 5.93. The van der Waals surface area contributed by atoms with Crippen molar-refractivity contribution >= 4 is 33.1 Å². The molecule has 4 nitrogen and oxygen atoms in total. The molecule has 0 aliphatic heterocycles. The van der Waals surface area contributed by atoms with Crippen LogP contribution in [-0.2, 0) is 12.8 Å². The summed E-state index contributed by atoms with van der Waals surface area (Å²) in [6.07, 6.45) is 5.07. The van der Waals surface area contributed by atoms with E-state index in [9.17, 15) is 5.11 Å². The number of anilines is 2. The van der Waals surface area contributed by atoms with Crippen LogP contribution in [0.25, 0.3) is 10.2 Å². The minimum atomic E-state index is 0.247. The van der Waals surface area contributed by atoms with Crippen LogP contribution >= 0.6 is 11.3 Å². The first-order valence-corrected chi connectivity index (χ1v) is 8.33. The molecule has 0 saturated carbocycles. The molecule has 1 aliphatic rings. The number of rotatable bonds is 2. The highest BCUT2D eigenvalue weighted by Gasteiger charge is 2.23. The molecule has 0 unspecified atom stereocenters. The maximum Gasteiger partial charge on any atom is 0.142 e. The fraction of sp³-hybridized carbons (Fsp3) is 0.294. The Kier molecular flexibility index (Phi) is 3.22. The van der Waals surface area contributed by atoms with Gasteiger partial charge in [0.25, 0.3) is 0 Å². The van der Waals surface area contributed by atoms with Crippen molar-refractivity contribution in [3.63, 3.8) is 0 Å². The third-order valence-electron chi connectivity index (χ3n) is 4.20. The average molecular weight is 311 g/mol. The average Bonchev–Trinajstić information content (AvgIpc) is 2.85. The van der Waals surface area contributed by atoms with Crippen molar-refractivity contribution in [2.45, 2.75) is 26.2 Å². The van der Waals surface area contributed by atoms with Crippen LogP contribution in [0.5, 0.6) is 5.75 Å². The second-order valence-corrected chi connectivity index (χ2v) is 7.01. The van der Waals surface area contributed by atoms with Gasteiger partial charge in [-0.25, -0.2) is 9.97 Å². The highest BCUT2D eigenvalue weighted by atomic mass is 32.1. The number of hydrogen-bond acceptors (Lipinski definition) is 5. The highest BCUT2D eigenvalue weighted by molar-refractivity contribution is 7.19. The summed E-state index contributed by atoms with van der Waals surface area (Å²) in [4.78, 5) is 11.4. The molecule has 112 valence electrons. The molecular formula is C17H17N3OS. The number of phenols is 1. The number of nitrogens with zero attached hydrogens (tertiary/aromatic N) is 2. The molecule has 0 saturated heterocycles. The molecule has 1 atom stereocenters. The summed E-state index contributed by atoms with van der Waals surface area (Å²) in [6.45, 7) is 2.31. The van der Waals surface area contributed by atoms with E-state index in [1.54, 1.807) is 29.8 Å². The number of aromatic nitrogens is 2. The Balaban J connectivity index is 1.81. The zero-order chi connectivity index (χ0) is 15.1. The lowest BCUT2D eigenvalue weighted by molar-refractivity contribution is 0.475. The number of phenolic OH excluding ortho intramolecular Hbond substituents is 1. The van der Waals surface area contributed by atoms with E-state index in [-0.39, 0.29) is 5.75 Å². The summed E-state index contributed by atoms with van der Waals surface area (Å²) in [6, 6.07) is 7.11. The van der Waals surface area contributed by atoms with Crippen LogP contribution in [0.2, 0.25) is 0 Å². The smallest absolute Gasteiger partial charge is 0.142 e. The van der Waals surface area contributed by atoms with Crippen LogP contribution in [0, 0.1) is 5.92 Å². The molecular weight excluding hydrogens is 294 g/mol. The molecule has 0 fully saturated rings. The fourth-order valence-electron chi connectivity index (χ4n) is 3.09. The van der Waals surface area contributed by atoms with Gasteiger partial charge in [0.2, 0.25) is 0 Å². The Morgan fingerprint density at radius 3 is 3.09 bits per heavy atom. The first-order chi connectivity index (χ1) is 10.7. The first-order valence-electron chi connectivity index (χ1n) is 7.52. The summed E-state index contributed by atoms with van der Waals surface area (Å²) < 4.78 is 0. The Hall–Kier alpha value is -2.14. The quantitative estimate of drug-likeness (QED) is 0.742. The number of aryl methyl sites for hydroxylation is 1. The van der Waals surface area contributed by atoms with E-state index in [2.05, 4.69) is 22.2 Å². The largest absolute Gasteiger partial charge is 0.508 e. The standard InChI is InChI=1S/C17H17N3OS/c1-10-5-6-13-14(7-10)22-17-15(13)16(18-9-19-17)20-11-3-2-4-12(21)8-11/h2-4,8-10,21H,5-7H2,1H3,(H,18,19,20)/t10-/m0/s1. The Bertz CT molecular complexity index is 843. The summed E-state index contributed by atoms with van der Waals surface area (Å²) >= 11 is 1.79. The third-order valence-corrected chi connectivity index (χ3v) is 5.36.